The molecular formula is C22H32O5. The number of hydrogen-bond donors (Lipinski definition) is 0. The first-order valence-corrected chi connectivity index (χ1v) is 9.80. The number of esters is 2. The molecular weight excluding hydrogens is 344 g/mol. The van der Waals surface area contributed by atoms with E-state index in [-0.39, 0.29) is 6.61 Å². The van der Waals surface area contributed by atoms with Crippen LogP contribution in [0.3, 0.4) is 0 Å². The summed E-state index contributed by atoms with van der Waals surface area (Å²) in [7, 11) is 1.59. The molecule has 0 aliphatic rings. The van der Waals surface area contributed by atoms with E-state index in [1.807, 2.05) is 12.1 Å². The molecule has 1 rings (SSSR count). The quantitative estimate of drug-likeness (QED) is 0.260. The molecule has 0 unspecified atom stereocenters. The van der Waals surface area contributed by atoms with Crippen molar-refractivity contribution in [2.45, 2.75) is 64.9 Å². The maximum atomic E-state index is 11.6. The van der Waals surface area contributed by atoms with Gasteiger partial charge in [0.2, 0.25) is 0 Å². The van der Waals surface area contributed by atoms with Gasteiger partial charge in [-0.3, -0.25) is 0 Å². The first-order chi connectivity index (χ1) is 13.2. The first kappa shape index (κ1) is 22.7. The van der Waals surface area contributed by atoms with E-state index in [9.17, 15) is 9.59 Å². The first-order valence-electron chi connectivity index (χ1n) is 9.80. The predicted octanol–water partition coefficient (Wildman–Crippen LogP) is 4.98. The fourth-order valence-corrected chi connectivity index (χ4v) is 2.52. The van der Waals surface area contributed by atoms with Crippen LogP contribution in [0.15, 0.2) is 36.4 Å². The zero-order chi connectivity index (χ0) is 19.7. The van der Waals surface area contributed by atoms with Gasteiger partial charge in [0.1, 0.15) is 12.4 Å². The van der Waals surface area contributed by atoms with Crippen LogP contribution in [-0.2, 0) is 25.7 Å². The molecule has 1 aromatic carbocycles. The lowest BCUT2D eigenvalue weighted by atomic mass is 10.1. The van der Waals surface area contributed by atoms with Gasteiger partial charge in [-0.05, 0) is 24.1 Å². The molecule has 1 aromatic rings. The number of methoxy groups -OCH3 is 1. The molecule has 0 aromatic heterocycles. The number of ether oxygens (including phenoxy) is 3. The lowest BCUT2D eigenvalue weighted by Crippen LogP contribution is -2.05. The van der Waals surface area contributed by atoms with Gasteiger partial charge in [-0.2, -0.15) is 0 Å². The fraction of sp³-hybridized carbons (Fsp3) is 0.545. The highest BCUT2D eigenvalue weighted by Crippen LogP contribution is 2.12. The molecule has 0 saturated carbocycles. The summed E-state index contributed by atoms with van der Waals surface area (Å²) in [6.45, 7) is 2.74. The number of benzene rings is 1. The summed E-state index contributed by atoms with van der Waals surface area (Å²) in [5, 5.41) is 0. The summed E-state index contributed by atoms with van der Waals surface area (Å²) in [5.74, 6) is -0.349. The zero-order valence-electron chi connectivity index (χ0n) is 16.6. The van der Waals surface area contributed by atoms with Crippen LogP contribution in [0.4, 0.5) is 0 Å². The van der Waals surface area contributed by atoms with E-state index in [1.165, 1.54) is 38.5 Å². The Bertz CT molecular complexity index is 563. The number of carbonyl (C=O) groups excluding carboxylic acids is 2. The Hall–Kier alpha value is -2.30. The second-order valence-electron chi connectivity index (χ2n) is 6.43. The Balaban J connectivity index is 2.07. The topological polar surface area (TPSA) is 61.8 Å². The molecule has 0 spiro atoms. The molecule has 0 aliphatic heterocycles. The van der Waals surface area contributed by atoms with Crippen molar-refractivity contribution in [2.75, 3.05) is 13.7 Å². The molecule has 5 nitrogen and oxygen atoms in total. The normalized spacial score (nSPS) is 10.7. The molecule has 0 aliphatic carbocycles. The van der Waals surface area contributed by atoms with Crippen molar-refractivity contribution in [3.05, 3.63) is 42.0 Å². The van der Waals surface area contributed by atoms with Crippen molar-refractivity contribution >= 4 is 11.9 Å². The van der Waals surface area contributed by atoms with Gasteiger partial charge in [-0.1, -0.05) is 64.0 Å². The average Bonchev–Trinajstić information content (AvgIpc) is 2.69. The van der Waals surface area contributed by atoms with Gasteiger partial charge < -0.3 is 14.2 Å². The summed E-state index contributed by atoms with van der Waals surface area (Å²) in [6, 6.07) is 7.21. The van der Waals surface area contributed by atoms with E-state index in [2.05, 4.69) is 6.92 Å². The van der Waals surface area contributed by atoms with Crippen molar-refractivity contribution in [2.24, 2.45) is 0 Å². The predicted molar refractivity (Wildman–Crippen MR) is 105 cm³/mol. The van der Waals surface area contributed by atoms with Crippen LogP contribution in [0, 0.1) is 0 Å². The van der Waals surface area contributed by atoms with E-state index >= 15 is 0 Å². The Morgan fingerprint density at radius 3 is 1.96 bits per heavy atom. The summed E-state index contributed by atoms with van der Waals surface area (Å²) in [5.41, 5.74) is 0.842. The van der Waals surface area contributed by atoms with Crippen LogP contribution in [0.1, 0.15) is 63.9 Å². The molecule has 0 radical (unpaired) electrons. The van der Waals surface area contributed by atoms with Gasteiger partial charge in [-0.15, -0.1) is 0 Å². The minimum Gasteiger partial charge on any atom is -0.497 e. The number of rotatable bonds is 14. The largest absolute Gasteiger partial charge is 0.497 e. The minimum atomic E-state index is -0.574. The molecule has 150 valence electrons. The monoisotopic (exact) mass is 376 g/mol. The third-order valence-corrected chi connectivity index (χ3v) is 4.14. The fourth-order valence-electron chi connectivity index (χ4n) is 2.52. The maximum absolute atomic E-state index is 11.6. The SMILES string of the molecule is CCCCCCCCCCOC(=O)/C=C/C(=O)OCc1ccc(OC)cc1. The van der Waals surface area contributed by atoms with Crippen LogP contribution in [0.2, 0.25) is 0 Å². The highest BCUT2D eigenvalue weighted by Gasteiger charge is 2.02. The van der Waals surface area contributed by atoms with Crippen molar-refractivity contribution in [3.8, 4) is 5.75 Å². The second-order valence-corrected chi connectivity index (χ2v) is 6.43. The molecule has 0 fully saturated rings. The Morgan fingerprint density at radius 2 is 1.37 bits per heavy atom. The molecule has 0 atom stereocenters. The van der Waals surface area contributed by atoms with E-state index in [1.54, 1.807) is 19.2 Å². The molecule has 0 saturated heterocycles. The summed E-state index contributed by atoms with van der Waals surface area (Å²) in [6.07, 6.45) is 11.7. The molecule has 27 heavy (non-hydrogen) atoms. The van der Waals surface area contributed by atoms with Crippen LogP contribution >= 0.6 is 0 Å². The highest BCUT2D eigenvalue weighted by atomic mass is 16.5. The molecule has 0 heterocycles. The van der Waals surface area contributed by atoms with E-state index in [4.69, 9.17) is 14.2 Å². The molecule has 0 N–H and O–H groups in total. The third-order valence-electron chi connectivity index (χ3n) is 4.14. The van der Waals surface area contributed by atoms with Crippen LogP contribution in [0.25, 0.3) is 0 Å². The summed E-state index contributed by atoms with van der Waals surface area (Å²) < 4.78 is 15.2. The summed E-state index contributed by atoms with van der Waals surface area (Å²) in [4.78, 5) is 23.2. The van der Waals surface area contributed by atoms with Crippen molar-refractivity contribution < 1.29 is 23.8 Å². The standard InChI is InChI=1S/C22H32O5/c1-3-4-5-6-7-8-9-10-17-26-21(23)15-16-22(24)27-18-19-11-13-20(25-2)14-12-19/h11-16H,3-10,17-18H2,1-2H3/b16-15+. The average molecular weight is 376 g/mol. The minimum absolute atomic E-state index is 0.139. The van der Waals surface area contributed by atoms with Crippen molar-refractivity contribution in [1.82, 2.24) is 0 Å². The second kappa shape index (κ2) is 14.8. The molecule has 5 heteroatoms. The van der Waals surface area contributed by atoms with E-state index < -0.39 is 11.9 Å². The number of unbranched alkanes of at least 4 members (excludes halogenated alkanes) is 7. The Morgan fingerprint density at radius 1 is 0.815 bits per heavy atom. The number of carbonyl (C=O) groups is 2. The van der Waals surface area contributed by atoms with Gasteiger partial charge in [0, 0.05) is 12.2 Å². The lowest BCUT2D eigenvalue weighted by molar-refractivity contribution is -0.141. The highest BCUT2D eigenvalue weighted by molar-refractivity contribution is 5.91. The van der Waals surface area contributed by atoms with Crippen LogP contribution in [0.5, 0.6) is 5.75 Å². The van der Waals surface area contributed by atoms with Gasteiger partial charge in [0.15, 0.2) is 0 Å². The van der Waals surface area contributed by atoms with Gasteiger partial charge in [-0.25, -0.2) is 9.59 Å². The number of hydrogen-bond acceptors (Lipinski definition) is 5. The van der Waals surface area contributed by atoms with Gasteiger partial charge in [0.25, 0.3) is 0 Å². The van der Waals surface area contributed by atoms with Crippen LogP contribution in [-0.4, -0.2) is 25.7 Å². The lowest BCUT2D eigenvalue weighted by Gasteiger charge is -2.04. The Kier molecular flexibility index (Phi) is 12.5. The zero-order valence-corrected chi connectivity index (χ0v) is 16.6. The van der Waals surface area contributed by atoms with E-state index in [0.29, 0.717) is 6.61 Å². The third kappa shape index (κ3) is 11.8. The van der Waals surface area contributed by atoms with Crippen molar-refractivity contribution in [3.63, 3.8) is 0 Å². The molecule has 0 bridgehead atoms. The molecule has 0 amide bonds. The Labute approximate surface area is 162 Å². The maximum Gasteiger partial charge on any atom is 0.331 e. The van der Waals surface area contributed by atoms with Gasteiger partial charge in [0.05, 0.1) is 13.7 Å². The van der Waals surface area contributed by atoms with Crippen molar-refractivity contribution in [1.29, 1.82) is 0 Å². The smallest absolute Gasteiger partial charge is 0.331 e. The van der Waals surface area contributed by atoms with Gasteiger partial charge >= 0.3 is 11.9 Å². The summed E-state index contributed by atoms with van der Waals surface area (Å²) >= 11 is 0. The van der Waals surface area contributed by atoms with E-state index in [0.717, 1.165) is 36.3 Å². The van der Waals surface area contributed by atoms with Crippen LogP contribution < -0.4 is 4.74 Å².